The van der Waals surface area contributed by atoms with Crippen LogP contribution < -0.4 is 4.74 Å². The number of aliphatic hydroxyl groups is 1. The molecule has 0 bridgehead atoms. The number of rotatable bonds is 0. The zero-order chi connectivity index (χ0) is 11.9. The van der Waals surface area contributed by atoms with Gasteiger partial charge in [-0.25, -0.2) is 4.39 Å². The van der Waals surface area contributed by atoms with E-state index in [0.717, 1.165) is 29.9 Å². The number of aliphatic hydroxyl groups excluding tert-OH is 1. The van der Waals surface area contributed by atoms with E-state index >= 15 is 0 Å². The molecule has 1 saturated heterocycles. The van der Waals surface area contributed by atoms with E-state index in [9.17, 15) is 9.50 Å². The third-order valence-corrected chi connectivity index (χ3v) is 4.62. The maximum Gasteiger partial charge on any atom is 0.128 e. The molecule has 1 N–H and O–H groups in total. The van der Waals surface area contributed by atoms with Gasteiger partial charge in [-0.3, -0.25) is 0 Å². The van der Waals surface area contributed by atoms with E-state index in [4.69, 9.17) is 4.74 Å². The average Bonchev–Trinajstić information content (AvgIpc) is 2.29. The van der Waals surface area contributed by atoms with Gasteiger partial charge in [0, 0.05) is 18.1 Å². The Hall–Kier alpha value is -0.740. The van der Waals surface area contributed by atoms with Gasteiger partial charge in [-0.2, -0.15) is 11.8 Å². The highest BCUT2D eigenvalue weighted by molar-refractivity contribution is 7.99. The minimum absolute atomic E-state index is 0.272. The zero-order valence-corrected chi connectivity index (χ0v) is 10.3. The molecule has 1 aromatic carbocycles. The maximum absolute atomic E-state index is 13.2. The highest BCUT2D eigenvalue weighted by Gasteiger charge is 2.41. The lowest BCUT2D eigenvalue weighted by Gasteiger charge is -2.43. The molecular weight excluding hydrogens is 239 g/mol. The lowest BCUT2D eigenvalue weighted by atomic mass is 9.84. The molecule has 2 aliphatic rings. The number of hydrogen-bond donors (Lipinski definition) is 1. The van der Waals surface area contributed by atoms with Crippen molar-refractivity contribution in [2.24, 2.45) is 0 Å². The summed E-state index contributed by atoms with van der Waals surface area (Å²) in [6.45, 7) is 0. The molecule has 1 aromatic rings. The maximum atomic E-state index is 13.2. The first kappa shape index (κ1) is 11.4. The van der Waals surface area contributed by atoms with Gasteiger partial charge in [0.25, 0.3) is 0 Å². The summed E-state index contributed by atoms with van der Waals surface area (Å²) in [7, 11) is 0. The van der Waals surface area contributed by atoms with Crippen molar-refractivity contribution in [2.45, 2.75) is 31.0 Å². The van der Waals surface area contributed by atoms with Gasteiger partial charge in [-0.15, -0.1) is 0 Å². The first-order valence-corrected chi connectivity index (χ1v) is 7.08. The van der Waals surface area contributed by atoms with Crippen LogP contribution in [-0.4, -0.2) is 22.2 Å². The Labute approximate surface area is 104 Å². The van der Waals surface area contributed by atoms with Gasteiger partial charge in [0.15, 0.2) is 0 Å². The van der Waals surface area contributed by atoms with E-state index in [-0.39, 0.29) is 11.4 Å². The monoisotopic (exact) mass is 254 g/mol. The summed E-state index contributed by atoms with van der Waals surface area (Å²) >= 11 is 1.91. The number of ether oxygens (including phenoxy) is 1. The summed E-state index contributed by atoms with van der Waals surface area (Å²) in [5.74, 6) is 2.32. The first-order chi connectivity index (χ1) is 8.19. The highest BCUT2D eigenvalue weighted by Crippen LogP contribution is 2.45. The zero-order valence-electron chi connectivity index (χ0n) is 9.49. The van der Waals surface area contributed by atoms with Crippen molar-refractivity contribution in [1.82, 2.24) is 0 Å². The molecule has 0 aliphatic carbocycles. The van der Waals surface area contributed by atoms with Crippen LogP contribution in [0.2, 0.25) is 0 Å². The van der Waals surface area contributed by atoms with E-state index < -0.39 is 6.10 Å². The van der Waals surface area contributed by atoms with Crippen molar-refractivity contribution in [1.29, 1.82) is 0 Å². The second-order valence-electron chi connectivity index (χ2n) is 4.80. The number of thioether (sulfide) groups is 1. The molecule has 0 amide bonds. The SMILES string of the molecule is O[C@@H]1CC2(CCSCC2)Oc2cc(F)ccc21. The molecule has 0 unspecified atom stereocenters. The van der Waals surface area contributed by atoms with Gasteiger partial charge in [0.2, 0.25) is 0 Å². The minimum Gasteiger partial charge on any atom is -0.487 e. The van der Waals surface area contributed by atoms with Crippen LogP contribution in [0.1, 0.15) is 30.9 Å². The molecule has 2 nitrogen and oxygen atoms in total. The van der Waals surface area contributed by atoms with E-state index in [2.05, 4.69) is 0 Å². The number of fused-ring (bicyclic) bond motifs is 1. The van der Waals surface area contributed by atoms with Gasteiger partial charge in [0.1, 0.15) is 17.2 Å². The van der Waals surface area contributed by atoms with E-state index in [1.54, 1.807) is 6.07 Å². The summed E-state index contributed by atoms with van der Waals surface area (Å²) in [5, 5.41) is 10.2. The highest BCUT2D eigenvalue weighted by atomic mass is 32.2. The normalized spacial score (nSPS) is 26.4. The lowest BCUT2D eigenvalue weighted by Crippen LogP contribution is -2.44. The fourth-order valence-electron chi connectivity index (χ4n) is 2.66. The Kier molecular flexibility index (Phi) is 2.79. The van der Waals surface area contributed by atoms with Crippen molar-refractivity contribution in [3.05, 3.63) is 29.6 Å². The van der Waals surface area contributed by atoms with Crippen molar-refractivity contribution in [3.8, 4) is 5.75 Å². The van der Waals surface area contributed by atoms with Crippen LogP contribution in [-0.2, 0) is 0 Å². The lowest BCUT2D eigenvalue weighted by molar-refractivity contribution is -0.0200. The molecule has 4 heteroatoms. The van der Waals surface area contributed by atoms with Crippen LogP contribution in [0.25, 0.3) is 0 Å². The van der Waals surface area contributed by atoms with E-state index in [1.807, 2.05) is 11.8 Å². The molecule has 1 fully saturated rings. The minimum atomic E-state index is -0.526. The molecule has 0 saturated carbocycles. The third-order valence-electron chi connectivity index (χ3n) is 3.63. The molecule has 3 rings (SSSR count). The Morgan fingerprint density at radius 2 is 2.12 bits per heavy atom. The van der Waals surface area contributed by atoms with Crippen LogP contribution in [0, 0.1) is 5.82 Å². The Balaban J connectivity index is 1.95. The summed E-state index contributed by atoms with van der Waals surface area (Å²) < 4.78 is 19.2. The van der Waals surface area contributed by atoms with Gasteiger partial charge < -0.3 is 9.84 Å². The van der Waals surface area contributed by atoms with E-state index in [1.165, 1.54) is 12.1 Å². The average molecular weight is 254 g/mol. The largest absolute Gasteiger partial charge is 0.487 e. The van der Waals surface area contributed by atoms with Crippen LogP contribution in [0.3, 0.4) is 0 Å². The molecule has 17 heavy (non-hydrogen) atoms. The van der Waals surface area contributed by atoms with Gasteiger partial charge in [-0.1, -0.05) is 0 Å². The molecule has 1 atom stereocenters. The Morgan fingerprint density at radius 3 is 2.88 bits per heavy atom. The summed E-state index contributed by atoms with van der Waals surface area (Å²) in [6, 6.07) is 4.39. The molecule has 0 radical (unpaired) electrons. The van der Waals surface area contributed by atoms with Gasteiger partial charge in [0.05, 0.1) is 6.10 Å². The molecule has 2 heterocycles. The molecular formula is C13H15FO2S. The Bertz CT molecular complexity index is 429. The van der Waals surface area contributed by atoms with Crippen molar-refractivity contribution in [3.63, 3.8) is 0 Å². The quantitative estimate of drug-likeness (QED) is 0.772. The molecule has 2 aliphatic heterocycles. The second-order valence-corrected chi connectivity index (χ2v) is 6.02. The first-order valence-electron chi connectivity index (χ1n) is 5.93. The fraction of sp³-hybridized carbons (Fsp3) is 0.538. The van der Waals surface area contributed by atoms with Crippen LogP contribution in [0.5, 0.6) is 5.75 Å². The topological polar surface area (TPSA) is 29.5 Å². The van der Waals surface area contributed by atoms with Crippen molar-refractivity contribution >= 4 is 11.8 Å². The number of halogens is 1. The summed E-state index contributed by atoms with van der Waals surface area (Å²) in [6.07, 6.45) is 1.98. The van der Waals surface area contributed by atoms with Crippen molar-refractivity contribution < 1.29 is 14.2 Å². The third kappa shape index (κ3) is 2.04. The van der Waals surface area contributed by atoms with Crippen LogP contribution in [0.15, 0.2) is 18.2 Å². The van der Waals surface area contributed by atoms with Crippen LogP contribution in [0.4, 0.5) is 4.39 Å². The predicted octanol–water partition coefficient (Wildman–Crippen LogP) is 2.91. The van der Waals surface area contributed by atoms with E-state index in [0.29, 0.717) is 12.2 Å². The van der Waals surface area contributed by atoms with Crippen molar-refractivity contribution in [2.75, 3.05) is 11.5 Å². The predicted molar refractivity (Wildman–Crippen MR) is 65.9 cm³/mol. The van der Waals surface area contributed by atoms with Gasteiger partial charge in [-0.05, 0) is 36.5 Å². The molecule has 0 aromatic heterocycles. The standard InChI is InChI=1S/C13H15FO2S/c14-9-1-2-10-11(15)8-13(16-12(10)7-9)3-5-17-6-4-13/h1-2,7,11,15H,3-6,8H2/t11-/m1/s1. The number of hydrogen-bond acceptors (Lipinski definition) is 3. The molecule has 1 spiro atoms. The Morgan fingerprint density at radius 1 is 1.35 bits per heavy atom. The fourth-order valence-corrected chi connectivity index (χ4v) is 3.90. The summed E-state index contributed by atoms with van der Waals surface area (Å²) in [4.78, 5) is 0. The second kappa shape index (κ2) is 4.18. The molecule has 92 valence electrons. The van der Waals surface area contributed by atoms with Gasteiger partial charge >= 0.3 is 0 Å². The number of benzene rings is 1. The smallest absolute Gasteiger partial charge is 0.128 e. The summed E-state index contributed by atoms with van der Waals surface area (Å²) in [5.41, 5.74) is 0.445. The van der Waals surface area contributed by atoms with Crippen LogP contribution >= 0.6 is 11.8 Å².